The lowest BCUT2D eigenvalue weighted by Crippen LogP contribution is -2.60. The van der Waals surface area contributed by atoms with Crippen molar-refractivity contribution in [3.05, 3.63) is 0 Å². The van der Waals surface area contributed by atoms with Crippen molar-refractivity contribution in [3.63, 3.8) is 0 Å². The molecule has 1 heterocycles. The van der Waals surface area contributed by atoms with E-state index in [1.807, 2.05) is 13.8 Å². The topological polar surface area (TPSA) is 66.8 Å². The predicted molar refractivity (Wildman–Crippen MR) is 57.7 cm³/mol. The SMILES string of the molecule is CC1(C)C[C@@H](O)[C@@H](O)[C@@]2(CCCC(=O)O2)C1. The van der Waals surface area contributed by atoms with Gasteiger partial charge in [-0.2, -0.15) is 0 Å². The van der Waals surface area contributed by atoms with Gasteiger partial charge in [0.25, 0.3) is 0 Å². The standard InChI is InChI=1S/C12H20O4/c1-11(2)6-8(13)10(15)12(7-11)5-3-4-9(14)16-12/h8,10,13,15H,3-7H2,1-2H3/t8-,10-,12-/m1/s1. The third-order valence-electron chi connectivity index (χ3n) is 3.74. The van der Waals surface area contributed by atoms with Gasteiger partial charge in [0.15, 0.2) is 0 Å². The van der Waals surface area contributed by atoms with Gasteiger partial charge in [-0.15, -0.1) is 0 Å². The molecule has 1 spiro atoms. The maximum Gasteiger partial charge on any atom is 0.306 e. The molecule has 2 fully saturated rings. The minimum absolute atomic E-state index is 0.101. The Morgan fingerprint density at radius 2 is 2.06 bits per heavy atom. The molecule has 2 aliphatic rings. The second kappa shape index (κ2) is 3.70. The molecule has 0 bridgehead atoms. The maximum absolute atomic E-state index is 11.4. The number of hydrogen-bond donors (Lipinski definition) is 2. The van der Waals surface area contributed by atoms with Crippen molar-refractivity contribution in [3.8, 4) is 0 Å². The zero-order valence-electron chi connectivity index (χ0n) is 9.90. The van der Waals surface area contributed by atoms with Gasteiger partial charge < -0.3 is 14.9 Å². The molecule has 3 atom stereocenters. The monoisotopic (exact) mass is 228 g/mol. The van der Waals surface area contributed by atoms with Gasteiger partial charge in [-0.25, -0.2) is 0 Å². The van der Waals surface area contributed by atoms with E-state index in [9.17, 15) is 15.0 Å². The minimum Gasteiger partial charge on any atom is -0.456 e. The summed E-state index contributed by atoms with van der Waals surface area (Å²) in [4.78, 5) is 11.4. The van der Waals surface area contributed by atoms with E-state index in [4.69, 9.17) is 4.74 Å². The number of hydrogen-bond acceptors (Lipinski definition) is 4. The highest BCUT2D eigenvalue weighted by molar-refractivity contribution is 5.70. The number of aliphatic hydroxyl groups excluding tert-OH is 2. The van der Waals surface area contributed by atoms with Crippen LogP contribution in [0.2, 0.25) is 0 Å². The Morgan fingerprint density at radius 1 is 1.38 bits per heavy atom. The maximum atomic E-state index is 11.4. The molecule has 0 aromatic heterocycles. The van der Waals surface area contributed by atoms with Crippen molar-refractivity contribution in [1.82, 2.24) is 0 Å². The number of carbonyl (C=O) groups excluding carboxylic acids is 1. The summed E-state index contributed by atoms with van der Waals surface area (Å²) in [6.07, 6.45) is 1.25. The molecule has 0 aromatic rings. The molecule has 1 saturated heterocycles. The summed E-state index contributed by atoms with van der Waals surface area (Å²) in [5, 5.41) is 20.0. The molecular formula is C12H20O4. The lowest BCUT2D eigenvalue weighted by Gasteiger charge is -2.50. The third-order valence-corrected chi connectivity index (χ3v) is 3.74. The van der Waals surface area contributed by atoms with Crippen molar-refractivity contribution < 1.29 is 19.7 Å². The summed E-state index contributed by atoms with van der Waals surface area (Å²) in [6, 6.07) is 0. The van der Waals surface area contributed by atoms with Crippen molar-refractivity contribution in [1.29, 1.82) is 0 Å². The van der Waals surface area contributed by atoms with Gasteiger partial charge in [-0.05, 0) is 31.1 Å². The average Bonchev–Trinajstić information content (AvgIpc) is 2.12. The average molecular weight is 228 g/mol. The summed E-state index contributed by atoms with van der Waals surface area (Å²) in [6.45, 7) is 4.07. The molecule has 0 unspecified atom stereocenters. The van der Waals surface area contributed by atoms with E-state index >= 15 is 0 Å². The van der Waals surface area contributed by atoms with Crippen molar-refractivity contribution in [2.45, 2.75) is 63.8 Å². The van der Waals surface area contributed by atoms with Gasteiger partial charge in [0, 0.05) is 6.42 Å². The van der Waals surface area contributed by atoms with Crippen LogP contribution in [0.4, 0.5) is 0 Å². The Labute approximate surface area is 95.6 Å². The number of ether oxygens (including phenoxy) is 1. The summed E-state index contributed by atoms with van der Waals surface area (Å²) < 4.78 is 5.38. The van der Waals surface area contributed by atoms with Crippen LogP contribution >= 0.6 is 0 Å². The highest BCUT2D eigenvalue weighted by Gasteiger charge is 2.54. The quantitative estimate of drug-likeness (QED) is 0.607. The molecule has 2 N–H and O–H groups in total. The Bertz CT molecular complexity index is 299. The first kappa shape index (κ1) is 11.9. The Hall–Kier alpha value is -0.610. The zero-order chi connectivity index (χ0) is 12.0. The largest absolute Gasteiger partial charge is 0.456 e. The highest BCUT2D eigenvalue weighted by Crippen LogP contribution is 2.47. The molecule has 0 amide bonds. The van der Waals surface area contributed by atoms with Crippen LogP contribution in [0.5, 0.6) is 0 Å². The number of rotatable bonds is 0. The normalized spacial score (nSPS) is 43.1. The van der Waals surface area contributed by atoms with E-state index < -0.39 is 17.8 Å². The molecule has 2 rings (SSSR count). The summed E-state index contributed by atoms with van der Waals surface area (Å²) >= 11 is 0. The summed E-state index contributed by atoms with van der Waals surface area (Å²) in [5.74, 6) is -0.254. The van der Waals surface area contributed by atoms with Gasteiger partial charge in [-0.1, -0.05) is 13.8 Å². The fraction of sp³-hybridized carbons (Fsp3) is 0.917. The van der Waals surface area contributed by atoms with Crippen LogP contribution in [-0.4, -0.2) is 34.0 Å². The second-order valence-corrected chi connectivity index (χ2v) is 5.95. The van der Waals surface area contributed by atoms with E-state index in [2.05, 4.69) is 0 Å². The fourth-order valence-corrected chi connectivity index (χ4v) is 3.21. The second-order valence-electron chi connectivity index (χ2n) is 5.95. The molecule has 0 radical (unpaired) electrons. The zero-order valence-corrected chi connectivity index (χ0v) is 9.90. The van der Waals surface area contributed by atoms with Crippen LogP contribution in [-0.2, 0) is 9.53 Å². The van der Waals surface area contributed by atoms with E-state index in [1.54, 1.807) is 0 Å². The summed E-state index contributed by atoms with van der Waals surface area (Å²) in [5.41, 5.74) is -0.952. The Balaban J connectivity index is 2.25. The van der Waals surface area contributed by atoms with Gasteiger partial charge >= 0.3 is 5.97 Å². The lowest BCUT2D eigenvalue weighted by molar-refractivity contribution is -0.219. The summed E-state index contributed by atoms with van der Waals surface area (Å²) in [7, 11) is 0. The fourth-order valence-electron chi connectivity index (χ4n) is 3.21. The third kappa shape index (κ3) is 1.96. The molecule has 0 aromatic carbocycles. The number of aliphatic hydroxyl groups is 2. The Morgan fingerprint density at radius 3 is 2.69 bits per heavy atom. The first-order chi connectivity index (χ1) is 7.35. The highest BCUT2D eigenvalue weighted by atomic mass is 16.6. The van der Waals surface area contributed by atoms with E-state index in [1.165, 1.54) is 0 Å². The van der Waals surface area contributed by atoms with Gasteiger partial charge in [0.05, 0.1) is 6.10 Å². The van der Waals surface area contributed by atoms with Crippen LogP contribution in [0.25, 0.3) is 0 Å². The first-order valence-corrected chi connectivity index (χ1v) is 5.93. The molecule has 92 valence electrons. The number of esters is 1. The van der Waals surface area contributed by atoms with Crippen LogP contribution in [0.3, 0.4) is 0 Å². The van der Waals surface area contributed by atoms with Gasteiger partial charge in [0.2, 0.25) is 0 Å². The van der Waals surface area contributed by atoms with Crippen LogP contribution < -0.4 is 0 Å². The van der Waals surface area contributed by atoms with Crippen LogP contribution in [0.15, 0.2) is 0 Å². The van der Waals surface area contributed by atoms with E-state index in [0.717, 1.165) is 6.42 Å². The van der Waals surface area contributed by atoms with Crippen LogP contribution in [0, 0.1) is 5.41 Å². The van der Waals surface area contributed by atoms with Crippen molar-refractivity contribution in [2.75, 3.05) is 0 Å². The van der Waals surface area contributed by atoms with Crippen LogP contribution in [0.1, 0.15) is 46.0 Å². The molecular weight excluding hydrogens is 208 g/mol. The smallest absolute Gasteiger partial charge is 0.306 e. The predicted octanol–water partition coefficient (Wildman–Crippen LogP) is 0.994. The van der Waals surface area contributed by atoms with E-state index in [-0.39, 0.29) is 11.4 Å². The molecule has 4 nitrogen and oxygen atoms in total. The lowest BCUT2D eigenvalue weighted by atomic mass is 9.65. The van der Waals surface area contributed by atoms with Gasteiger partial charge in [0.1, 0.15) is 11.7 Å². The van der Waals surface area contributed by atoms with Gasteiger partial charge in [-0.3, -0.25) is 4.79 Å². The Kier molecular flexibility index (Phi) is 2.75. The molecule has 16 heavy (non-hydrogen) atoms. The number of carbonyl (C=O) groups is 1. The molecule has 1 saturated carbocycles. The first-order valence-electron chi connectivity index (χ1n) is 5.93. The molecule has 1 aliphatic heterocycles. The molecule has 4 heteroatoms. The molecule has 1 aliphatic carbocycles. The minimum atomic E-state index is -0.940. The van der Waals surface area contributed by atoms with E-state index in [0.29, 0.717) is 25.7 Å². The van der Waals surface area contributed by atoms with Crippen molar-refractivity contribution in [2.24, 2.45) is 5.41 Å². The van der Waals surface area contributed by atoms with Crippen molar-refractivity contribution >= 4 is 5.97 Å².